The fourth-order valence-electron chi connectivity index (χ4n) is 2.70. The maximum absolute atomic E-state index is 11.5. The number of nitriles is 1. The van der Waals surface area contributed by atoms with E-state index in [1.807, 2.05) is 18.2 Å². The van der Waals surface area contributed by atoms with Crippen molar-refractivity contribution in [3.8, 4) is 6.07 Å². The summed E-state index contributed by atoms with van der Waals surface area (Å²) in [5.74, 6) is 0. The van der Waals surface area contributed by atoms with Crippen molar-refractivity contribution in [3.63, 3.8) is 0 Å². The lowest BCUT2D eigenvalue weighted by atomic mass is 9.78. The first-order chi connectivity index (χ1) is 9.52. The highest BCUT2D eigenvalue weighted by atomic mass is 32.2. The Morgan fingerprint density at radius 1 is 1.40 bits per heavy atom. The molecule has 1 fully saturated rings. The van der Waals surface area contributed by atoms with Crippen molar-refractivity contribution in [3.05, 3.63) is 29.8 Å². The van der Waals surface area contributed by atoms with Gasteiger partial charge in [-0.05, 0) is 49.0 Å². The molecule has 0 aromatic heterocycles. The van der Waals surface area contributed by atoms with Crippen molar-refractivity contribution in [1.82, 2.24) is 4.90 Å². The van der Waals surface area contributed by atoms with Crippen molar-refractivity contribution in [2.75, 3.05) is 19.3 Å². The van der Waals surface area contributed by atoms with E-state index < -0.39 is 10.8 Å². The zero-order chi connectivity index (χ0) is 14.6. The molecule has 0 radical (unpaired) electrons. The second-order valence-corrected chi connectivity index (χ2v) is 7.40. The molecule has 1 atom stereocenters. The summed E-state index contributed by atoms with van der Waals surface area (Å²) in [5.41, 5.74) is 1.42. The molecule has 0 saturated carbocycles. The molecule has 1 unspecified atom stereocenters. The predicted octanol–water partition coefficient (Wildman–Crippen LogP) is 2.94. The van der Waals surface area contributed by atoms with Crippen LogP contribution in [0.1, 0.15) is 31.7 Å². The first-order valence-electron chi connectivity index (χ1n) is 7.04. The van der Waals surface area contributed by atoms with Crippen LogP contribution in [0.4, 0.5) is 0 Å². The Hall–Kier alpha value is -1.18. The molecule has 20 heavy (non-hydrogen) atoms. The summed E-state index contributed by atoms with van der Waals surface area (Å²) in [6, 6.07) is 10.3. The van der Waals surface area contributed by atoms with E-state index in [2.05, 4.69) is 24.0 Å². The molecule has 0 amide bonds. The number of likely N-dealkylation sites (tertiary alicyclic amines) is 1. The lowest BCUT2D eigenvalue weighted by Crippen LogP contribution is -2.38. The Balaban J connectivity index is 1.94. The molecule has 0 spiro atoms. The van der Waals surface area contributed by atoms with Gasteiger partial charge in [-0.15, -0.1) is 0 Å². The zero-order valence-corrected chi connectivity index (χ0v) is 13.1. The zero-order valence-electron chi connectivity index (χ0n) is 12.3. The molecule has 4 heteroatoms. The highest BCUT2D eigenvalue weighted by Gasteiger charge is 2.29. The van der Waals surface area contributed by atoms with E-state index in [1.54, 1.807) is 6.26 Å². The fraction of sp³-hybridized carbons (Fsp3) is 0.562. The van der Waals surface area contributed by atoms with Crippen LogP contribution in [-0.2, 0) is 17.3 Å². The maximum atomic E-state index is 11.5. The summed E-state index contributed by atoms with van der Waals surface area (Å²) >= 11 is 0. The van der Waals surface area contributed by atoms with Gasteiger partial charge in [0.25, 0.3) is 0 Å². The molecule has 1 heterocycles. The van der Waals surface area contributed by atoms with E-state index in [0.717, 1.165) is 37.4 Å². The van der Waals surface area contributed by atoms with E-state index in [-0.39, 0.29) is 5.41 Å². The summed E-state index contributed by atoms with van der Waals surface area (Å²) in [5, 5.41) is 8.87. The van der Waals surface area contributed by atoms with Crippen molar-refractivity contribution in [1.29, 1.82) is 5.26 Å². The third-order valence-corrected chi connectivity index (χ3v) is 5.12. The minimum Gasteiger partial charge on any atom is -0.299 e. The monoisotopic (exact) mass is 290 g/mol. The molecule has 0 aliphatic carbocycles. The molecule has 3 nitrogen and oxygen atoms in total. The molecule has 1 aromatic rings. The second kappa shape index (κ2) is 6.51. The van der Waals surface area contributed by atoms with Gasteiger partial charge in [-0.3, -0.25) is 9.11 Å². The number of nitrogens with zero attached hydrogens (tertiary/aromatic N) is 2. The number of piperidine rings is 1. The smallest absolute Gasteiger partial charge is 0.0627 e. The number of hydrogen-bond acceptors (Lipinski definition) is 3. The Morgan fingerprint density at radius 3 is 2.70 bits per heavy atom. The van der Waals surface area contributed by atoms with E-state index in [9.17, 15) is 4.21 Å². The van der Waals surface area contributed by atoms with Crippen LogP contribution in [0.3, 0.4) is 0 Å². The standard InChI is InChI=1S/C16H22N2OS/c1-16(6-9-17)7-10-18(11-8-16)13-14-4-3-5-15(12-14)20(2)19/h3-5,12H,6-8,10-11,13H2,1-2H3. The van der Waals surface area contributed by atoms with Crippen LogP contribution in [0.15, 0.2) is 29.2 Å². The summed E-state index contributed by atoms with van der Waals surface area (Å²) in [6.07, 6.45) is 4.54. The first kappa shape index (κ1) is 15.2. The average molecular weight is 290 g/mol. The van der Waals surface area contributed by atoms with Gasteiger partial charge in [0.2, 0.25) is 0 Å². The van der Waals surface area contributed by atoms with E-state index in [1.165, 1.54) is 5.56 Å². The third kappa shape index (κ3) is 3.91. The molecular weight excluding hydrogens is 268 g/mol. The number of rotatable bonds is 4. The van der Waals surface area contributed by atoms with Gasteiger partial charge < -0.3 is 0 Å². The highest BCUT2D eigenvalue weighted by Crippen LogP contribution is 2.34. The Bertz CT molecular complexity index is 528. The van der Waals surface area contributed by atoms with Crippen molar-refractivity contribution >= 4 is 10.8 Å². The molecule has 1 aliphatic rings. The molecule has 1 aliphatic heterocycles. The van der Waals surface area contributed by atoms with Crippen molar-refractivity contribution < 1.29 is 4.21 Å². The van der Waals surface area contributed by atoms with Gasteiger partial charge in [-0.2, -0.15) is 5.26 Å². The van der Waals surface area contributed by atoms with Crippen molar-refractivity contribution in [2.45, 2.75) is 37.6 Å². The van der Waals surface area contributed by atoms with Gasteiger partial charge in [-0.25, -0.2) is 0 Å². The van der Waals surface area contributed by atoms with Crippen LogP contribution < -0.4 is 0 Å². The molecule has 108 valence electrons. The van der Waals surface area contributed by atoms with Gasteiger partial charge in [0.05, 0.1) is 6.07 Å². The van der Waals surface area contributed by atoms with Gasteiger partial charge in [0.15, 0.2) is 0 Å². The summed E-state index contributed by atoms with van der Waals surface area (Å²) < 4.78 is 11.5. The van der Waals surface area contributed by atoms with Crippen LogP contribution in [0.2, 0.25) is 0 Å². The van der Waals surface area contributed by atoms with Crippen LogP contribution in [0, 0.1) is 16.7 Å². The summed E-state index contributed by atoms with van der Waals surface area (Å²) in [6.45, 7) is 5.21. The van der Waals surface area contributed by atoms with Gasteiger partial charge in [-0.1, -0.05) is 19.1 Å². The summed E-state index contributed by atoms with van der Waals surface area (Å²) in [7, 11) is -0.915. The Morgan fingerprint density at radius 2 is 2.10 bits per heavy atom. The van der Waals surface area contributed by atoms with E-state index >= 15 is 0 Å². The third-order valence-electron chi connectivity index (χ3n) is 4.21. The van der Waals surface area contributed by atoms with E-state index in [4.69, 9.17) is 5.26 Å². The molecule has 1 aromatic carbocycles. The summed E-state index contributed by atoms with van der Waals surface area (Å²) in [4.78, 5) is 3.32. The minimum atomic E-state index is -0.915. The molecule has 1 saturated heterocycles. The maximum Gasteiger partial charge on any atom is 0.0627 e. The molecular formula is C16H22N2OS. The molecule has 0 bridgehead atoms. The second-order valence-electron chi connectivity index (χ2n) is 6.02. The van der Waals surface area contributed by atoms with Crippen LogP contribution in [0.25, 0.3) is 0 Å². The highest BCUT2D eigenvalue weighted by molar-refractivity contribution is 7.84. The van der Waals surface area contributed by atoms with Gasteiger partial charge in [0, 0.05) is 34.9 Å². The number of hydrogen-bond donors (Lipinski definition) is 0. The quantitative estimate of drug-likeness (QED) is 0.856. The lowest BCUT2D eigenvalue weighted by molar-refractivity contribution is 0.116. The average Bonchev–Trinajstić information content (AvgIpc) is 2.42. The largest absolute Gasteiger partial charge is 0.299 e. The topological polar surface area (TPSA) is 44.1 Å². The van der Waals surface area contributed by atoms with Gasteiger partial charge >= 0.3 is 0 Å². The molecule has 0 N–H and O–H groups in total. The van der Waals surface area contributed by atoms with Crippen molar-refractivity contribution in [2.24, 2.45) is 5.41 Å². The Labute approximate surface area is 124 Å². The predicted molar refractivity (Wildman–Crippen MR) is 81.6 cm³/mol. The lowest BCUT2D eigenvalue weighted by Gasteiger charge is -2.38. The fourth-order valence-corrected chi connectivity index (χ4v) is 3.29. The Kier molecular flexibility index (Phi) is 4.95. The number of benzene rings is 1. The van der Waals surface area contributed by atoms with Crippen LogP contribution in [0.5, 0.6) is 0 Å². The van der Waals surface area contributed by atoms with Gasteiger partial charge in [0.1, 0.15) is 0 Å². The normalized spacial score (nSPS) is 20.2. The SMILES string of the molecule is CS(=O)c1cccc(CN2CCC(C)(CC#N)CC2)c1. The minimum absolute atomic E-state index is 0.192. The van der Waals surface area contributed by atoms with Crippen LogP contribution >= 0.6 is 0 Å². The van der Waals surface area contributed by atoms with Crippen LogP contribution in [-0.4, -0.2) is 28.5 Å². The molecule has 2 rings (SSSR count). The van der Waals surface area contributed by atoms with E-state index in [0.29, 0.717) is 6.42 Å². The first-order valence-corrected chi connectivity index (χ1v) is 8.60.